The van der Waals surface area contributed by atoms with E-state index in [9.17, 15) is 0 Å². The molecule has 0 heterocycles. The zero-order valence-electron chi connectivity index (χ0n) is 9.38. The Morgan fingerprint density at radius 2 is 2.20 bits per heavy atom. The normalized spacial score (nSPS) is 17.7. The van der Waals surface area contributed by atoms with E-state index in [0.717, 1.165) is 5.92 Å². The van der Waals surface area contributed by atoms with E-state index in [1.54, 1.807) is 0 Å². The summed E-state index contributed by atoms with van der Waals surface area (Å²) >= 11 is 6.28. The average Bonchev–Trinajstić information content (AvgIpc) is 3.00. The Labute approximate surface area is 97.6 Å². The van der Waals surface area contributed by atoms with Crippen LogP contribution in [0.2, 0.25) is 0 Å². The van der Waals surface area contributed by atoms with Crippen molar-refractivity contribution in [2.24, 2.45) is 5.92 Å². The van der Waals surface area contributed by atoms with Crippen LogP contribution in [-0.2, 0) is 6.42 Å². The van der Waals surface area contributed by atoms with Crippen LogP contribution in [-0.4, -0.2) is 5.38 Å². The van der Waals surface area contributed by atoms with Crippen molar-refractivity contribution in [2.45, 2.75) is 44.4 Å². The monoisotopic (exact) mass is 222 g/mol. The first-order chi connectivity index (χ1) is 7.25. The molecular formula is C14H19Cl. The van der Waals surface area contributed by atoms with Crippen LogP contribution in [0.5, 0.6) is 0 Å². The van der Waals surface area contributed by atoms with Crippen molar-refractivity contribution in [3.8, 4) is 0 Å². The van der Waals surface area contributed by atoms with Crippen molar-refractivity contribution in [3.05, 3.63) is 35.4 Å². The molecule has 0 amide bonds. The number of hydrogen-bond donors (Lipinski definition) is 0. The van der Waals surface area contributed by atoms with Gasteiger partial charge in [-0.15, -0.1) is 11.6 Å². The van der Waals surface area contributed by atoms with Gasteiger partial charge >= 0.3 is 0 Å². The molecule has 1 unspecified atom stereocenters. The van der Waals surface area contributed by atoms with Gasteiger partial charge in [-0.1, -0.05) is 29.8 Å². The molecule has 15 heavy (non-hydrogen) atoms. The molecule has 0 aliphatic heterocycles. The molecule has 1 heteroatoms. The lowest BCUT2D eigenvalue weighted by Gasteiger charge is -2.07. The highest BCUT2D eigenvalue weighted by Gasteiger charge is 2.28. The van der Waals surface area contributed by atoms with Crippen LogP contribution in [0.15, 0.2) is 24.3 Å². The maximum absolute atomic E-state index is 6.28. The maximum Gasteiger partial charge on any atom is 0.0364 e. The third-order valence-electron chi connectivity index (χ3n) is 3.16. The van der Waals surface area contributed by atoms with Crippen molar-refractivity contribution < 1.29 is 0 Å². The van der Waals surface area contributed by atoms with Crippen LogP contribution in [0.1, 0.15) is 36.8 Å². The zero-order chi connectivity index (χ0) is 10.7. The Hall–Kier alpha value is -0.490. The van der Waals surface area contributed by atoms with Gasteiger partial charge in [0, 0.05) is 5.38 Å². The maximum atomic E-state index is 6.28. The van der Waals surface area contributed by atoms with Crippen LogP contribution in [0.4, 0.5) is 0 Å². The largest absolute Gasteiger partial charge is 0.123 e. The van der Waals surface area contributed by atoms with Gasteiger partial charge in [0.15, 0.2) is 0 Å². The minimum Gasteiger partial charge on any atom is -0.123 e. The lowest BCUT2D eigenvalue weighted by atomic mass is 10.0. The average molecular weight is 223 g/mol. The topological polar surface area (TPSA) is 0 Å². The molecule has 1 aliphatic carbocycles. The molecule has 82 valence electrons. The molecule has 0 saturated heterocycles. The van der Waals surface area contributed by atoms with Crippen LogP contribution in [0.25, 0.3) is 0 Å². The lowest BCUT2D eigenvalue weighted by Crippen LogP contribution is -2.01. The zero-order valence-corrected chi connectivity index (χ0v) is 10.1. The third-order valence-corrected chi connectivity index (χ3v) is 3.74. The second kappa shape index (κ2) is 5.03. The Kier molecular flexibility index (Phi) is 3.69. The van der Waals surface area contributed by atoms with E-state index in [4.69, 9.17) is 11.6 Å². The van der Waals surface area contributed by atoms with E-state index < -0.39 is 0 Å². The van der Waals surface area contributed by atoms with Crippen LogP contribution in [0.3, 0.4) is 0 Å². The first-order valence-electron chi connectivity index (χ1n) is 5.95. The summed E-state index contributed by atoms with van der Waals surface area (Å²) in [5, 5.41) is 0.440. The highest BCUT2D eigenvalue weighted by molar-refractivity contribution is 6.20. The van der Waals surface area contributed by atoms with E-state index in [-0.39, 0.29) is 0 Å². The molecule has 2 rings (SSSR count). The second-order valence-corrected chi connectivity index (χ2v) is 5.30. The molecule has 0 aromatic heterocycles. The minimum absolute atomic E-state index is 0.440. The van der Waals surface area contributed by atoms with Crippen LogP contribution >= 0.6 is 11.6 Å². The Morgan fingerprint density at radius 1 is 1.40 bits per heavy atom. The Bertz CT molecular complexity index is 315. The second-order valence-electron chi connectivity index (χ2n) is 4.73. The fourth-order valence-corrected chi connectivity index (χ4v) is 2.47. The van der Waals surface area contributed by atoms with Crippen molar-refractivity contribution in [2.75, 3.05) is 0 Å². The molecule has 0 N–H and O–H groups in total. The fraction of sp³-hybridized carbons (Fsp3) is 0.571. The molecule has 0 bridgehead atoms. The first kappa shape index (κ1) is 11.0. The van der Waals surface area contributed by atoms with E-state index in [0.29, 0.717) is 5.38 Å². The Balaban J connectivity index is 1.73. The van der Waals surface area contributed by atoms with E-state index in [2.05, 4.69) is 31.2 Å². The van der Waals surface area contributed by atoms with Gasteiger partial charge in [-0.25, -0.2) is 0 Å². The van der Waals surface area contributed by atoms with Crippen molar-refractivity contribution in [3.63, 3.8) is 0 Å². The van der Waals surface area contributed by atoms with Gasteiger partial charge in [0.1, 0.15) is 0 Å². The summed E-state index contributed by atoms with van der Waals surface area (Å²) in [5.74, 6) is 0.837. The van der Waals surface area contributed by atoms with Gasteiger partial charge < -0.3 is 0 Å². The van der Waals surface area contributed by atoms with Crippen LogP contribution in [0, 0.1) is 12.8 Å². The molecule has 1 aliphatic rings. The van der Waals surface area contributed by atoms with Crippen molar-refractivity contribution in [1.29, 1.82) is 0 Å². The van der Waals surface area contributed by atoms with Gasteiger partial charge in [-0.05, 0) is 50.5 Å². The standard InChI is InChI=1S/C14H19Cl/c1-11-4-2-5-12(10-11)6-3-7-14(15)13-8-9-13/h2,4-5,10,13-14H,3,6-9H2,1H3. The van der Waals surface area contributed by atoms with Crippen LogP contribution < -0.4 is 0 Å². The quantitative estimate of drug-likeness (QED) is 0.651. The number of benzene rings is 1. The molecular weight excluding hydrogens is 204 g/mol. The van der Waals surface area contributed by atoms with E-state index >= 15 is 0 Å². The van der Waals surface area contributed by atoms with Gasteiger partial charge in [-0.3, -0.25) is 0 Å². The molecule has 1 saturated carbocycles. The molecule has 0 spiro atoms. The lowest BCUT2D eigenvalue weighted by molar-refractivity contribution is 0.637. The van der Waals surface area contributed by atoms with Gasteiger partial charge in [-0.2, -0.15) is 0 Å². The molecule has 1 aromatic carbocycles. The molecule has 0 nitrogen and oxygen atoms in total. The minimum atomic E-state index is 0.440. The number of hydrogen-bond acceptors (Lipinski definition) is 0. The van der Waals surface area contributed by atoms with Gasteiger partial charge in [0.2, 0.25) is 0 Å². The van der Waals surface area contributed by atoms with E-state index in [1.165, 1.54) is 43.2 Å². The third kappa shape index (κ3) is 3.53. The number of alkyl halides is 1. The fourth-order valence-electron chi connectivity index (χ4n) is 2.06. The highest BCUT2D eigenvalue weighted by Crippen LogP contribution is 2.37. The summed E-state index contributed by atoms with van der Waals surface area (Å²) in [7, 11) is 0. The first-order valence-corrected chi connectivity index (χ1v) is 6.39. The summed E-state index contributed by atoms with van der Waals surface area (Å²) in [4.78, 5) is 0. The van der Waals surface area contributed by atoms with Gasteiger partial charge in [0.25, 0.3) is 0 Å². The molecule has 1 aromatic rings. The smallest absolute Gasteiger partial charge is 0.0364 e. The van der Waals surface area contributed by atoms with E-state index in [1.807, 2.05) is 0 Å². The summed E-state index contributed by atoms with van der Waals surface area (Å²) in [6.07, 6.45) is 6.31. The summed E-state index contributed by atoms with van der Waals surface area (Å²) < 4.78 is 0. The molecule has 0 radical (unpaired) electrons. The Morgan fingerprint density at radius 3 is 2.87 bits per heavy atom. The van der Waals surface area contributed by atoms with Crippen molar-refractivity contribution >= 4 is 11.6 Å². The number of aryl methyl sites for hydroxylation is 2. The summed E-state index contributed by atoms with van der Waals surface area (Å²) in [6.45, 7) is 2.15. The van der Waals surface area contributed by atoms with Crippen molar-refractivity contribution in [1.82, 2.24) is 0 Å². The summed E-state index contributed by atoms with van der Waals surface area (Å²) in [5.41, 5.74) is 2.81. The predicted octanol–water partition coefficient (Wildman–Crippen LogP) is 4.34. The van der Waals surface area contributed by atoms with Gasteiger partial charge in [0.05, 0.1) is 0 Å². The predicted molar refractivity (Wildman–Crippen MR) is 66.5 cm³/mol. The molecule has 1 fully saturated rings. The highest BCUT2D eigenvalue weighted by atomic mass is 35.5. The number of halogens is 1. The summed E-state index contributed by atoms with van der Waals surface area (Å²) in [6, 6.07) is 8.79. The number of rotatable bonds is 5. The molecule has 1 atom stereocenters. The SMILES string of the molecule is Cc1cccc(CCCC(Cl)C2CC2)c1.